The van der Waals surface area contributed by atoms with Crippen LogP contribution in [0.2, 0.25) is 10.0 Å². The van der Waals surface area contributed by atoms with Gasteiger partial charge in [0.1, 0.15) is 23.2 Å². The zero-order valence-electron chi connectivity index (χ0n) is 15.4. The van der Waals surface area contributed by atoms with Crippen LogP contribution in [-0.4, -0.2) is 37.5 Å². The molecule has 2 atom stereocenters. The minimum atomic E-state index is 0.0943. The van der Waals surface area contributed by atoms with E-state index in [9.17, 15) is 5.26 Å². The van der Waals surface area contributed by atoms with E-state index in [2.05, 4.69) is 29.8 Å². The smallest absolute Gasteiger partial charge is 0.143 e. The predicted octanol–water partition coefficient (Wildman–Crippen LogP) is 4.52. The Morgan fingerprint density at radius 2 is 2.07 bits per heavy atom. The van der Waals surface area contributed by atoms with Gasteiger partial charge in [-0.2, -0.15) is 5.26 Å². The molecule has 2 aromatic rings. The van der Waals surface area contributed by atoms with Gasteiger partial charge in [0.15, 0.2) is 0 Å². The average Bonchev–Trinajstić information content (AvgIpc) is 3.01. The Kier molecular flexibility index (Phi) is 6.26. The maximum Gasteiger partial charge on any atom is 0.143 e. The Hall–Kier alpha value is -2.11. The number of nitrogens with one attached hydrogen (secondary N) is 1. The highest BCUT2D eigenvalue weighted by Gasteiger charge is 2.33. The van der Waals surface area contributed by atoms with E-state index in [1.165, 1.54) is 11.3 Å². The molecular weight excluding hydrogens is 417 g/mol. The number of anilines is 1. The number of amidine groups is 1. The summed E-state index contributed by atoms with van der Waals surface area (Å²) in [7, 11) is 0. The zero-order chi connectivity index (χ0) is 20.4. The Bertz CT molecular complexity index is 971. The second-order valence-corrected chi connectivity index (χ2v) is 8.35. The van der Waals surface area contributed by atoms with Crippen molar-refractivity contribution in [3.8, 4) is 17.2 Å². The molecular formula is C19H19Cl2N5OS. The first kappa shape index (κ1) is 20.6. The molecule has 28 heavy (non-hydrogen) atoms. The zero-order valence-corrected chi connectivity index (χ0v) is 17.7. The van der Waals surface area contributed by atoms with Crippen LogP contribution in [0.1, 0.15) is 24.3 Å². The number of thiophene rings is 1. The van der Waals surface area contributed by atoms with Gasteiger partial charge in [0.05, 0.1) is 35.7 Å². The topological polar surface area (TPSA) is 98.5 Å². The van der Waals surface area contributed by atoms with Crippen molar-refractivity contribution in [1.82, 2.24) is 0 Å². The number of hydrogen-bond donors (Lipinski definition) is 2. The fraction of sp³-hybridized carbons (Fsp3) is 0.316. The van der Waals surface area contributed by atoms with E-state index < -0.39 is 0 Å². The van der Waals surface area contributed by atoms with Gasteiger partial charge < -0.3 is 15.4 Å². The van der Waals surface area contributed by atoms with E-state index >= 15 is 0 Å². The maximum atomic E-state index is 10.0. The van der Waals surface area contributed by atoms with Crippen molar-refractivity contribution in [3.63, 3.8) is 0 Å². The highest BCUT2D eigenvalue weighted by molar-refractivity contribution is 7.19. The van der Waals surface area contributed by atoms with Crippen LogP contribution in [0, 0.1) is 16.7 Å². The molecule has 0 aliphatic carbocycles. The van der Waals surface area contributed by atoms with E-state index in [0.29, 0.717) is 44.8 Å². The molecule has 3 rings (SSSR count). The summed E-state index contributed by atoms with van der Waals surface area (Å²) in [4.78, 5) is 6.71. The molecule has 2 heterocycles. The largest absolute Gasteiger partial charge is 0.382 e. The number of aliphatic imine (C=N–C) groups is 1. The lowest BCUT2D eigenvalue weighted by Gasteiger charge is -2.39. The van der Waals surface area contributed by atoms with E-state index in [1.807, 2.05) is 0 Å². The lowest BCUT2D eigenvalue weighted by atomic mass is 10.00. The summed E-state index contributed by atoms with van der Waals surface area (Å²) < 4.78 is 5.63. The van der Waals surface area contributed by atoms with Gasteiger partial charge in [-0.3, -0.25) is 5.41 Å². The summed E-state index contributed by atoms with van der Waals surface area (Å²) in [6, 6.07) is 7.63. The van der Waals surface area contributed by atoms with Crippen molar-refractivity contribution < 1.29 is 4.74 Å². The molecule has 1 saturated heterocycles. The van der Waals surface area contributed by atoms with Crippen molar-refractivity contribution >= 4 is 51.7 Å². The number of nitriles is 1. The SMILES string of the molecule is C[C@@H]1COC[C@H](C)N1c1sc(C(N)=NC=N)c(-c2ccc(Cl)cc2Cl)c1C#N. The lowest BCUT2D eigenvalue weighted by Crippen LogP contribution is -2.49. The minimum absolute atomic E-state index is 0.0943. The molecule has 1 aliphatic rings. The van der Waals surface area contributed by atoms with Crippen molar-refractivity contribution in [2.45, 2.75) is 25.9 Å². The van der Waals surface area contributed by atoms with Crippen LogP contribution in [0.4, 0.5) is 5.00 Å². The van der Waals surface area contributed by atoms with Crippen LogP contribution in [0.25, 0.3) is 11.1 Å². The molecule has 146 valence electrons. The summed E-state index contributed by atoms with van der Waals surface area (Å²) in [5.41, 5.74) is 7.89. The summed E-state index contributed by atoms with van der Waals surface area (Å²) in [5.74, 6) is 0.164. The first-order valence-electron chi connectivity index (χ1n) is 8.60. The molecule has 9 heteroatoms. The molecule has 0 unspecified atom stereocenters. The number of nitrogens with two attached hydrogens (primary N) is 1. The minimum Gasteiger partial charge on any atom is -0.382 e. The monoisotopic (exact) mass is 435 g/mol. The Balaban J connectivity index is 2.31. The second-order valence-electron chi connectivity index (χ2n) is 6.51. The van der Waals surface area contributed by atoms with Crippen LogP contribution >= 0.6 is 34.5 Å². The van der Waals surface area contributed by atoms with Gasteiger partial charge in [0, 0.05) is 21.2 Å². The molecule has 1 fully saturated rings. The number of nitrogens with zero attached hydrogens (tertiary/aromatic N) is 3. The maximum absolute atomic E-state index is 10.0. The number of hydrogen-bond acceptors (Lipinski definition) is 5. The number of morpholine rings is 1. The summed E-state index contributed by atoms with van der Waals surface area (Å²) >= 11 is 13.9. The Labute approximate surface area is 177 Å². The van der Waals surface area contributed by atoms with E-state index in [0.717, 1.165) is 11.3 Å². The standard InChI is InChI=1S/C19H19Cl2N5OS/c1-10-7-27-8-11(2)26(10)19-14(6-22)16(17(28-19)18(24)25-9-23)13-4-3-12(20)5-15(13)21/h3-5,9-11H,7-8H2,1-2H3,(H3,23,24,25)/t10-,11+. The number of halogens is 2. The van der Waals surface area contributed by atoms with E-state index in [4.69, 9.17) is 39.1 Å². The summed E-state index contributed by atoms with van der Waals surface area (Å²) in [5, 5.41) is 19.0. The number of rotatable bonds is 4. The van der Waals surface area contributed by atoms with Gasteiger partial charge in [-0.1, -0.05) is 29.3 Å². The fourth-order valence-corrected chi connectivity index (χ4v) is 5.25. The lowest BCUT2D eigenvalue weighted by molar-refractivity contribution is 0.0760. The molecule has 0 spiro atoms. The molecule has 6 nitrogen and oxygen atoms in total. The van der Waals surface area contributed by atoms with Crippen LogP contribution in [0.5, 0.6) is 0 Å². The molecule has 3 N–H and O–H groups in total. The highest BCUT2D eigenvalue weighted by Crippen LogP contribution is 2.45. The summed E-state index contributed by atoms with van der Waals surface area (Å²) in [6.45, 7) is 5.26. The summed E-state index contributed by atoms with van der Waals surface area (Å²) in [6.07, 6.45) is 0.883. The predicted molar refractivity (Wildman–Crippen MR) is 116 cm³/mol. The second kappa shape index (κ2) is 8.50. The van der Waals surface area contributed by atoms with Gasteiger partial charge in [0.2, 0.25) is 0 Å². The third-order valence-electron chi connectivity index (χ3n) is 4.54. The van der Waals surface area contributed by atoms with Gasteiger partial charge >= 0.3 is 0 Å². The number of ether oxygens (including phenoxy) is 1. The van der Waals surface area contributed by atoms with Crippen molar-refractivity contribution in [2.75, 3.05) is 18.1 Å². The molecule has 0 saturated carbocycles. The molecule has 1 aliphatic heterocycles. The van der Waals surface area contributed by atoms with Crippen molar-refractivity contribution in [1.29, 1.82) is 10.7 Å². The van der Waals surface area contributed by atoms with Crippen LogP contribution in [0.15, 0.2) is 23.2 Å². The third kappa shape index (κ3) is 3.74. The quantitative estimate of drug-likeness (QED) is 0.544. The highest BCUT2D eigenvalue weighted by atomic mass is 35.5. The molecule has 1 aromatic heterocycles. The molecule has 1 aromatic carbocycles. The third-order valence-corrected chi connectivity index (χ3v) is 6.31. The van der Waals surface area contributed by atoms with Gasteiger partial charge in [-0.05, 0) is 26.0 Å². The van der Waals surface area contributed by atoms with E-state index in [1.54, 1.807) is 18.2 Å². The Morgan fingerprint density at radius 1 is 1.39 bits per heavy atom. The molecule has 0 amide bonds. The molecule has 0 radical (unpaired) electrons. The Morgan fingerprint density at radius 3 is 2.64 bits per heavy atom. The van der Waals surface area contributed by atoms with Crippen LogP contribution < -0.4 is 10.6 Å². The fourth-order valence-electron chi connectivity index (χ4n) is 3.37. The van der Waals surface area contributed by atoms with Crippen LogP contribution in [0.3, 0.4) is 0 Å². The first-order chi connectivity index (χ1) is 13.4. The van der Waals surface area contributed by atoms with Gasteiger partial charge in [-0.25, -0.2) is 4.99 Å². The first-order valence-corrected chi connectivity index (χ1v) is 10.2. The normalized spacial score (nSPS) is 20.1. The van der Waals surface area contributed by atoms with Gasteiger partial charge in [-0.15, -0.1) is 11.3 Å². The van der Waals surface area contributed by atoms with Crippen molar-refractivity contribution in [2.24, 2.45) is 10.7 Å². The number of benzene rings is 1. The van der Waals surface area contributed by atoms with Crippen LogP contribution in [-0.2, 0) is 4.74 Å². The van der Waals surface area contributed by atoms with Gasteiger partial charge in [0.25, 0.3) is 0 Å². The molecule has 0 bridgehead atoms. The average molecular weight is 436 g/mol. The van der Waals surface area contributed by atoms with Crippen molar-refractivity contribution in [3.05, 3.63) is 38.7 Å². The van der Waals surface area contributed by atoms with E-state index in [-0.39, 0.29) is 17.9 Å².